The molecule has 1 saturated carbocycles. The monoisotopic (exact) mass is 594 g/mol. The molecule has 40 heavy (non-hydrogen) atoms. The van der Waals surface area contributed by atoms with Crippen molar-refractivity contribution in [1.29, 1.82) is 5.26 Å². The van der Waals surface area contributed by atoms with Crippen LogP contribution in [-0.2, 0) is 15.2 Å². The van der Waals surface area contributed by atoms with Gasteiger partial charge in [-0.1, -0.05) is 0 Å². The first kappa shape index (κ1) is 27.6. The van der Waals surface area contributed by atoms with Crippen LogP contribution < -0.4 is 20.3 Å². The van der Waals surface area contributed by atoms with Crippen molar-refractivity contribution in [2.45, 2.75) is 35.4 Å². The maximum Gasteiger partial charge on any atom is 0.323 e. The van der Waals surface area contributed by atoms with Crippen molar-refractivity contribution >= 4 is 40.0 Å². The number of fused-ring (bicyclic) bond motifs is 2. The van der Waals surface area contributed by atoms with Crippen LogP contribution in [0.5, 0.6) is 6.01 Å². The highest BCUT2D eigenvalue weighted by Crippen LogP contribution is 2.61. The standard InChI is InChI=1S/C25H32F2N8O3S2/c1-22(36)9-34(4-5-37-13-22)19-30-20(32-21(31-19)38-14-23(10-33(2)3)8-25(23,26)27)35-11-24(12-35)17-15(6-28)18(29)40-16(17)7-39-24/h36H,4-5,7-14,29H2,1-3H3. The lowest BCUT2D eigenvalue weighted by atomic mass is 9.88. The van der Waals surface area contributed by atoms with E-state index in [1.807, 2.05) is 4.90 Å². The number of halogens is 2. The van der Waals surface area contributed by atoms with Crippen molar-refractivity contribution in [2.24, 2.45) is 5.41 Å². The molecular formula is C25H32F2N8O3S2. The van der Waals surface area contributed by atoms with Gasteiger partial charge in [-0.05, 0) is 21.0 Å². The first-order valence-corrected chi connectivity index (χ1v) is 14.8. The summed E-state index contributed by atoms with van der Waals surface area (Å²) < 4.78 is 39.9. The molecular weight excluding hydrogens is 562 g/mol. The minimum Gasteiger partial charge on any atom is -0.462 e. The van der Waals surface area contributed by atoms with Crippen LogP contribution in [0.1, 0.15) is 29.3 Å². The number of thiophene rings is 1. The summed E-state index contributed by atoms with van der Waals surface area (Å²) in [7, 11) is 3.52. The third-order valence-corrected chi connectivity index (χ3v) is 10.5. The number of hydrogen-bond acceptors (Lipinski definition) is 13. The lowest BCUT2D eigenvalue weighted by Crippen LogP contribution is -2.57. The largest absolute Gasteiger partial charge is 0.462 e. The third kappa shape index (κ3) is 4.73. The molecule has 2 aromatic heterocycles. The first-order chi connectivity index (χ1) is 18.9. The zero-order valence-corrected chi connectivity index (χ0v) is 24.2. The molecule has 11 nitrogen and oxygen atoms in total. The lowest BCUT2D eigenvalue weighted by Gasteiger charge is -2.47. The molecule has 2 unspecified atom stereocenters. The second-order valence-electron chi connectivity index (χ2n) is 11.8. The molecule has 1 spiro atoms. The maximum atomic E-state index is 14.4. The summed E-state index contributed by atoms with van der Waals surface area (Å²) in [5.41, 5.74) is 5.25. The molecule has 0 bridgehead atoms. The first-order valence-electron chi connectivity index (χ1n) is 13.0. The van der Waals surface area contributed by atoms with Gasteiger partial charge in [-0.2, -0.15) is 20.2 Å². The van der Waals surface area contributed by atoms with Gasteiger partial charge in [0.15, 0.2) is 0 Å². The van der Waals surface area contributed by atoms with Crippen LogP contribution in [0.4, 0.5) is 25.7 Å². The number of alkyl halides is 2. The maximum absolute atomic E-state index is 14.4. The van der Waals surface area contributed by atoms with E-state index in [2.05, 4.69) is 16.0 Å². The Morgan fingerprint density at radius 3 is 2.55 bits per heavy atom. The number of anilines is 3. The number of nitrogens with two attached hydrogens (primary N) is 1. The summed E-state index contributed by atoms with van der Waals surface area (Å²) in [4.78, 5) is 20.4. The molecule has 3 fully saturated rings. The van der Waals surface area contributed by atoms with E-state index < -0.39 is 16.9 Å². The Hall–Kier alpha value is -2.51. The van der Waals surface area contributed by atoms with Crippen LogP contribution in [0.15, 0.2) is 0 Å². The number of ether oxygens (including phenoxy) is 2. The van der Waals surface area contributed by atoms with E-state index in [4.69, 9.17) is 20.2 Å². The van der Waals surface area contributed by atoms with Gasteiger partial charge >= 0.3 is 6.01 Å². The number of thioether (sulfide) groups is 1. The van der Waals surface area contributed by atoms with E-state index in [9.17, 15) is 19.1 Å². The van der Waals surface area contributed by atoms with Crippen molar-refractivity contribution in [3.63, 3.8) is 0 Å². The van der Waals surface area contributed by atoms with Crippen LogP contribution >= 0.6 is 23.1 Å². The summed E-state index contributed by atoms with van der Waals surface area (Å²) in [6.07, 6.45) is -0.255. The van der Waals surface area contributed by atoms with E-state index in [0.29, 0.717) is 42.8 Å². The molecule has 216 valence electrons. The number of aliphatic hydroxyl groups is 1. The summed E-state index contributed by atoms with van der Waals surface area (Å²) in [6, 6.07) is 2.23. The highest BCUT2D eigenvalue weighted by Gasteiger charge is 2.71. The van der Waals surface area contributed by atoms with Gasteiger partial charge in [0.25, 0.3) is 5.92 Å². The quantitative estimate of drug-likeness (QED) is 0.484. The van der Waals surface area contributed by atoms with Crippen molar-refractivity contribution in [3.05, 3.63) is 16.0 Å². The number of hydrogen-bond donors (Lipinski definition) is 2. The minimum absolute atomic E-state index is 0.0381. The fourth-order valence-electron chi connectivity index (χ4n) is 5.85. The predicted octanol–water partition coefficient (Wildman–Crippen LogP) is 1.90. The van der Waals surface area contributed by atoms with Crippen molar-refractivity contribution in [2.75, 3.05) is 82.2 Å². The Morgan fingerprint density at radius 2 is 1.90 bits per heavy atom. The van der Waals surface area contributed by atoms with Gasteiger partial charge in [0, 0.05) is 48.8 Å². The molecule has 2 aromatic rings. The Morgan fingerprint density at radius 1 is 1.20 bits per heavy atom. The minimum atomic E-state index is -2.82. The zero-order chi connectivity index (χ0) is 28.5. The number of aromatic nitrogens is 3. The summed E-state index contributed by atoms with van der Waals surface area (Å²) >= 11 is 3.25. The lowest BCUT2D eigenvalue weighted by molar-refractivity contribution is -0.0123. The van der Waals surface area contributed by atoms with Crippen LogP contribution in [0.25, 0.3) is 0 Å². The van der Waals surface area contributed by atoms with E-state index in [-0.39, 0.29) is 49.4 Å². The Kier molecular flexibility index (Phi) is 6.58. The number of rotatable bonds is 7. The van der Waals surface area contributed by atoms with Gasteiger partial charge in [-0.25, -0.2) is 8.78 Å². The van der Waals surface area contributed by atoms with E-state index in [1.54, 1.807) is 42.6 Å². The molecule has 0 aromatic carbocycles. The topological polar surface area (TPSA) is 137 Å². The van der Waals surface area contributed by atoms with Crippen molar-refractivity contribution in [1.82, 2.24) is 19.9 Å². The SMILES string of the molecule is CN(C)CC1(COc2nc(N3CCOCC(C)(O)C3)nc(N3CC4(C3)SCc3sc(N)c(C#N)c34)n2)CC1(F)F. The predicted molar refractivity (Wildman–Crippen MR) is 148 cm³/mol. The molecule has 1 aliphatic carbocycles. The molecule has 2 atom stereocenters. The molecule has 6 rings (SSSR count). The average Bonchev–Trinajstić information content (AvgIpc) is 3.09. The highest BCUT2D eigenvalue weighted by molar-refractivity contribution is 8.00. The van der Waals surface area contributed by atoms with Gasteiger partial charge in [0.05, 0.1) is 35.5 Å². The molecule has 3 aliphatic heterocycles. The zero-order valence-electron chi connectivity index (χ0n) is 22.6. The van der Waals surface area contributed by atoms with Crippen molar-refractivity contribution in [3.8, 4) is 12.1 Å². The van der Waals surface area contributed by atoms with E-state index in [1.165, 1.54) is 11.3 Å². The molecule has 0 radical (unpaired) electrons. The molecule has 4 aliphatic rings. The summed E-state index contributed by atoms with van der Waals surface area (Å²) in [6.45, 7) is 3.94. The Bertz CT molecular complexity index is 1360. The van der Waals surface area contributed by atoms with Crippen molar-refractivity contribution < 1.29 is 23.4 Å². The number of nitriles is 1. The van der Waals surface area contributed by atoms with E-state index >= 15 is 0 Å². The number of nitrogens with zero attached hydrogens (tertiary/aromatic N) is 7. The highest BCUT2D eigenvalue weighted by atomic mass is 32.2. The number of β-amino-alcohol motifs (C(OH)–C–C–N with tert-alkyl or cyclic N) is 1. The Labute approximate surface area is 239 Å². The van der Waals surface area contributed by atoms with Crippen LogP contribution in [0.2, 0.25) is 0 Å². The molecule has 0 amide bonds. The third-order valence-electron chi connectivity index (χ3n) is 7.86. The summed E-state index contributed by atoms with van der Waals surface area (Å²) in [5, 5.41) is 21.0. The van der Waals surface area contributed by atoms with Gasteiger partial charge < -0.3 is 35.0 Å². The molecule has 15 heteroatoms. The van der Waals surface area contributed by atoms with Gasteiger partial charge in [-0.15, -0.1) is 23.1 Å². The van der Waals surface area contributed by atoms with Crippen LogP contribution in [0, 0.1) is 16.7 Å². The number of nitrogen functional groups attached to an aromatic ring is 1. The summed E-state index contributed by atoms with van der Waals surface area (Å²) in [5.74, 6) is -1.39. The van der Waals surface area contributed by atoms with Gasteiger partial charge in [-0.3, -0.25) is 0 Å². The molecule has 2 saturated heterocycles. The molecule has 3 N–H and O–H groups in total. The van der Waals surface area contributed by atoms with Crippen LogP contribution in [0.3, 0.4) is 0 Å². The second kappa shape index (κ2) is 9.52. The molecule has 5 heterocycles. The average molecular weight is 595 g/mol. The van der Waals surface area contributed by atoms with E-state index in [0.717, 1.165) is 16.2 Å². The fourth-order valence-corrected chi connectivity index (χ4v) is 8.66. The Balaban J connectivity index is 1.28. The smallest absolute Gasteiger partial charge is 0.323 e. The normalized spacial score (nSPS) is 28.2. The van der Waals surface area contributed by atoms with Gasteiger partial charge in [0.1, 0.15) is 23.3 Å². The van der Waals surface area contributed by atoms with Gasteiger partial charge in [0.2, 0.25) is 11.9 Å². The fraction of sp³-hybridized carbons (Fsp3) is 0.680. The van der Waals surface area contributed by atoms with Crippen LogP contribution in [-0.4, -0.2) is 103 Å². The second-order valence-corrected chi connectivity index (χ2v) is 14.3.